The molecule has 1 fully saturated rings. The third kappa shape index (κ3) is 6.02. The molecular weight excluding hydrogens is 496 g/mol. The lowest BCUT2D eigenvalue weighted by atomic mass is 9.65. The van der Waals surface area contributed by atoms with Crippen molar-refractivity contribution in [3.05, 3.63) is 130 Å². The van der Waals surface area contributed by atoms with Gasteiger partial charge in [0.15, 0.2) is 0 Å². The summed E-state index contributed by atoms with van der Waals surface area (Å²) in [5.41, 5.74) is 5.75. The Morgan fingerprint density at radius 2 is 0.925 bits per heavy atom. The van der Waals surface area contributed by atoms with Crippen molar-refractivity contribution in [2.75, 3.05) is 0 Å². The molecule has 4 aromatic rings. The minimum absolute atomic E-state index is 0.130. The lowest BCUT2D eigenvalue weighted by molar-refractivity contribution is 0.0725. The van der Waals surface area contributed by atoms with E-state index in [4.69, 9.17) is 9.47 Å². The smallest absolute Gasteiger partial charge is 0.343 e. The number of carbonyl (C=O) groups is 2. The number of esters is 2. The summed E-state index contributed by atoms with van der Waals surface area (Å²) in [7, 11) is 0. The molecule has 1 saturated carbocycles. The highest BCUT2D eigenvalue weighted by Gasteiger charge is 2.35. The topological polar surface area (TPSA) is 52.6 Å². The van der Waals surface area contributed by atoms with Crippen LogP contribution in [0.1, 0.15) is 88.9 Å². The van der Waals surface area contributed by atoms with E-state index < -0.39 is 0 Å². The molecule has 4 nitrogen and oxygen atoms in total. The molecule has 1 aliphatic carbocycles. The van der Waals surface area contributed by atoms with Gasteiger partial charge in [-0.2, -0.15) is 0 Å². The van der Waals surface area contributed by atoms with E-state index in [0.717, 1.165) is 38.5 Å². The Hall–Kier alpha value is -4.18. The van der Waals surface area contributed by atoms with E-state index >= 15 is 0 Å². The van der Waals surface area contributed by atoms with Crippen LogP contribution in [-0.2, 0) is 18.3 Å². The number of rotatable bonds is 8. The average molecular weight is 533 g/mol. The second kappa shape index (κ2) is 12.3. The van der Waals surface area contributed by atoms with Gasteiger partial charge in [-0.3, -0.25) is 0 Å². The molecule has 0 aromatic heterocycles. The van der Waals surface area contributed by atoms with Gasteiger partial charge < -0.3 is 9.47 Å². The minimum atomic E-state index is -0.353. The molecule has 0 heterocycles. The van der Waals surface area contributed by atoms with Gasteiger partial charge in [0.2, 0.25) is 0 Å². The van der Waals surface area contributed by atoms with Crippen LogP contribution in [0.3, 0.4) is 0 Å². The van der Waals surface area contributed by atoms with E-state index in [2.05, 4.69) is 38.1 Å². The highest BCUT2D eigenvalue weighted by atomic mass is 16.5. The zero-order valence-corrected chi connectivity index (χ0v) is 23.3. The molecule has 0 spiro atoms. The van der Waals surface area contributed by atoms with Gasteiger partial charge in [-0.05, 0) is 96.5 Å². The molecule has 0 amide bonds. The summed E-state index contributed by atoms with van der Waals surface area (Å²) in [5.74, 6) is 0.366. The quantitative estimate of drug-likeness (QED) is 0.169. The Bertz CT molecular complexity index is 1320. The van der Waals surface area contributed by atoms with Crippen molar-refractivity contribution in [3.63, 3.8) is 0 Å². The number of carbonyl (C=O) groups excluding carboxylic acids is 2. The van der Waals surface area contributed by atoms with E-state index in [-0.39, 0.29) is 17.4 Å². The first kappa shape index (κ1) is 27.4. The Balaban J connectivity index is 1.31. The van der Waals surface area contributed by atoms with Crippen molar-refractivity contribution in [1.82, 2.24) is 0 Å². The van der Waals surface area contributed by atoms with Gasteiger partial charge in [-0.1, -0.05) is 81.6 Å². The van der Waals surface area contributed by atoms with Crippen molar-refractivity contribution in [2.45, 2.75) is 64.2 Å². The summed E-state index contributed by atoms with van der Waals surface area (Å²) in [4.78, 5) is 25.3. The number of hydrogen-bond acceptors (Lipinski definition) is 4. The lowest BCUT2D eigenvalue weighted by Gasteiger charge is -2.38. The SMILES string of the molecule is CCc1ccc(C(=O)Oc2ccc(C3(c4ccc(OC(=O)c5ccc(CC)cc5)cc4)CCCCC3)cc2)cc1. The fourth-order valence-corrected chi connectivity index (χ4v) is 5.67. The van der Waals surface area contributed by atoms with Gasteiger partial charge in [-0.15, -0.1) is 0 Å². The van der Waals surface area contributed by atoms with E-state index in [0.29, 0.717) is 22.6 Å². The van der Waals surface area contributed by atoms with Crippen LogP contribution in [0.15, 0.2) is 97.1 Å². The predicted octanol–water partition coefficient (Wildman–Crippen LogP) is 8.50. The zero-order chi connectivity index (χ0) is 28.0. The first-order valence-electron chi connectivity index (χ1n) is 14.3. The zero-order valence-electron chi connectivity index (χ0n) is 23.3. The molecule has 0 radical (unpaired) electrons. The first-order valence-corrected chi connectivity index (χ1v) is 14.3. The van der Waals surface area contributed by atoms with Crippen molar-refractivity contribution in [2.24, 2.45) is 0 Å². The van der Waals surface area contributed by atoms with Gasteiger partial charge in [-0.25, -0.2) is 9.59 Å². The first-order chi connectivity index (χ1) is 19.5. The maximum Gasteiger partial charge on any atom is 0.343 e. The highest BCUT2D eigenvalue weighted by molar-refractivity contribution is 5.91. The summed E-state index contributed by atoms with van der Waals surface area (Å²) >= 11 is 0. The minimum Gasteiger partial charge on any atom is -0.423 e. The molecule has 0 unspecified atom stereocenters. The average Bonchev–Trinajstić information content (AvgIpc) is 3.02. The predicted molar refractivity (Wildman–Crippen MR) is 158 cm³/mol. The Labute approximate surface area is 237 Å². The van der Waals surface area contributed by atoms with Crippen LogP contribution >= 0.6 is 0 Å². The largest absolute Gasteiger partial charge is 0.423 e. The van der Waals surface area contributed by atoms with E-state index in [1.165, 1.54) is 28.7 Å². The lowest BCUT2D eigenvalue weighted by Crippen LogP contribution is -2.30. The van der Waals surface area contributed by atoms with Crippen molar-refractivity contribution in [1.29, 1.82) is 0 Å². The molecule has 0 saturated heterocycles. The van der Waals surface area contributed by atoms with Gasteiger partial charge in [0, 0.05) is 5.41 Å². The van der Waals surface area contributed by atoms with E-state index in [1.807, 2.05) is 72.8 Å². The normalized spacial score (nSPS) is 14.3. The Morgan fingerprint density at radius 3 is 1.27 bits per heavy atom. The van der Waals surface area contributed by atoms with Crippen molar-refractivity contribution < 1.29 is 19.1 Å². The fourth-order valence-electron chi connectivity index (χ4n) is 5.67. The van der Waals surface area contributed by atoms with Crippen LogP contribution < -0.4 is 9.47 Å². The van der Waals surface area contributed by atoms with Crippen molar-refractivity contribution in [3.8, 4) is 11.5 Å². The van der Waals surface area contributed by atoms with Crippen LogP contribution in [-0.4, -0.2) is 11.9 Å². The number of aryl methyl sites for hydroxylation is 2. The molecule has 0 N–H and O–H groups in total. The summed E-state index contributed by atoms with van der Waals surface area (Å²) < 4.78 is 11.3. The Morgan fingerprint density at radius 1 is 0.550 bits per heavy atom. The van der Waals surface area contributed by atoms with E-state index in [9.17, 15) is 9.59 Å². The highest BCUT2D eigenvalue weighted by Crippen LogP contribution is 2.45. The van der Waals surface area contributed by atoms with Gasteiger partial charge in [0.05, 0.1) is 11.1 Å². The van der Waals surface area contributed by atoms with Crippen LogP contribution in [0.4, 0.5) is 0 Å². The molecule has 4 aromatic carbocycles. The maximum absolute atomic E-state index is 12.7. The third-order valence-corrected chi connectivity index (χ3v) is 8.14. The van der Waals surface area contributed by atoms with Gasteiger partial charge in [0.1, 0.15) is 11.5 Å². The number of ether oxygens (including phenoxy) is 2. The molecule has 1 aliphatic rings. The standard InChI is InChI=1S/C36H36O4/c1-3-26-8-12-28(13-9-26)34(37)39-32-20-16-30(17-21-32)36(24-6-5-7-25-36)31-18-22-33(23-19-31)40-35(38)29-14-10-27(4-2)11-15-29/h8-23H,3-7,24-25H2,1-2H3. The summed E-state index contributed by atoms with van der Waals surface area (Å²) in [6.45, 7) is 4.18. The van der Waals surface area contributed by atoms with Crippen LogP contribution in [0.2, 0.25) is 0 Å². The maximum atomic E-state index is 12.7. The Kier molecular flexibility index (Phi) is 8.45. The molecule has 40 heavy (non-hydrogen) atoms. The molecule has 0 aliphatic heterocycles. The summed E-state index contributed by atoms with van der Waals surface area (Å²) in [6, 6.07) is 31.0. The van der Waals surface area contributed by atoms with Gasteiger partial charge >= 0.3 is 11.9 Å². The molecule has 0 bridgehead atoms. The van der Waals surface area contributed by atoms with Crippen LogP contribution in [0.25, 0.3) is 0 Å². The van der Waals surface area contributed by atoms with Crippen LogP contribution in [0, 0.1) is 0 Å². The molecule has 204 valence electrons. The summed E-state index contributed by atoms with van der Waals surface area (Å²) in [6.07, 6.45) is 7.46. The summed E-state index contributed by atoms with van der Waals surface area (Å²) in [5, 5.41) is 0. The van der Waals surface area contributed by atoms with Crippen LogP contribution in [0.5, 0.6) is 11.5 Å². The van der Waals surface area contributed by atoms with Gasteiger partial charge in [0.25, 0.3) is 0 Å². The second-order valence-corrected chi connectivity index (χ2v) is 10.6. The molecule has 0 atom stereocenters. The molecule has 5 rings (SSSR count). The fraction of sp³-hybridized carbons (Fsp3) is 0.278. The molecular formula is C36H36O4. The monoisotopic (exact) mass is 532 g/mol. The number of hydrogen-bond donors (Lipinski definition) is 0. The number of benzene rings is 4. The van der Waals surface area contributed by atoms with Crippen molar-refractivity contribution >= 4 is 11.9 Å². The molecule has 4 heteroatoms. The van der Waals surface area contributed by atoms with E-state index in [1.54, 1.807) is 0 Å². The third-order valence-electron chi connectivity index (χ3n) is 8.14. The second-order valence-electron chi connectivity index (χ2n) is 10.6.